The molecule has 1 aromatic heterocycles. The predicted octanol–water partition coefficient (Wildman–Crippen LogP) is 2.03. The van der Waals surface area contributed by atoms with E-state index in [1.54, 1.807) is 11.0 Å². The molecule has 2 aliphatic heterocycles. The maximum absolute atomic E-state index is 12.3. The Balaban J connectivity index is 1.50. The summed E-state index contributed by atoms with van der Waals surface area (Å²) in [5.41, 5.74) is 2.84. The number of carbonyl (C=O) groups is 1. The van der Waals surface area contributed by atoms with Gasteiger partial charge < -0.3 is 34.5 Å². The van der Waals surface area contributed by atoms with Crippen LogP contribution in [0.25, 0.3) is 10.8 Å². The maximum Gasteiger partial charge on any atom is 0.318 e. The van der Waals surface area contributed by atoms with Gasteiger partial charge in [-0.05, 0) is 38.0 Å². The van der Waals surface area contributed by atoms with Crippen molar-refractivity contribution in [1.29, 1.82) is 0 Å². The molecular formula is C29H36N6O4. The van der Waals surface area contributed by atoms with E-state index in [2.05, 4.69) is 22.4 Å². The van der Waals surface area contributed by atoms with Crippen LogP contribution in [0.5, 0.6) is 11.8 Å². The van der Waals surface area contributed by atoms with E-state index in [0.717, 1.165) is 46.6 Å². The first-order valence-corrected chi connectivity index (χ1v) is 13.3. The van der Waals surface area contributed by atoms with Gasteiger partial charge in [0.1, 0.15) is 18.2 Å². The van der Waals surface area contributed by atoms with Gasteiger partial charge in [-0.3, -0.25) is 4.79 Å². The van der Waals surface area contributed by atoms with Gasteiger partial charge in [0, 0.05) is 55.4 Å². The normalized spacial score (nSPS) is 17.4. The molecule has 2 aromatic carbocycles. The monoisotopic (exact) mass is 532 g/mol. The van der Waals surface area contributed by atoms with Crippen LogP contribution in [-0.4, -0.2) is 102 Å². The van der Waals surface area contributed by atoms with Gasteiger partial charge >= 0.3 is 6.01 Å². The average Bonchev–Trinajstić information content (AvgIpc) is 2.95. The van der Waals surface area contributed by atoms with Gasteiger partial charge in [0.25, 0.3) is 0 Å². The topological polar surface area (TPSA) is 106 Å². The van der Waals surface area contributed by atoms with Crippen molar-refractivity contribution in [1.82, 2.24) is 19.8 Å². The Bertz CT molecular complexity index is 1360. The number of aromatic nitrogens is 2. The van der Waals surface area contributed by atoms with Crippen molar-refractivity contribution >= 4 is 28.2 Å². The van der Waals surface area contributed by atoms with E-state index in [4.69, 9.17) is 14.7 Å². The van der Waals surface area contributed by atoms with E-state index in [0.29, 0.717) is 45.2 Å². The molecule has 1 saturated heterocycles. The van der Waals surface area contributed by atoms with E-state index in [1.165, 1.54) is 6.08 Å². The van der Waals surface area contributed by atoms with E-state index in [-0.39, 0.29) is 24.3 Å². The lowest BCUT2D eigenvalue weighted by atomic mass is 10.0. The Morgan fingerprint density at radius 3 is 2.79 bits per heavy atom. The summed E-state index contributed by atoms with van der Waals surface area (Å²) in [6, 6.07) is 11.6. The van der Waals surface area contributed by atoms with Gasteiger partial charge in [-0.2, -0.15) is 9.97 Å². The first kappa shape index (κ1) is 26.7. The third kappa shape index (κ3) is 5.62. The first-order valence-electron chi connectivity index (χ1n) is 13.3. The molecule has 1 atom stereocenters. The van der Waals surface area contributed by atoms with Crippen molar-refractivity contribution in [3.05, 3.63) is 60.3 Å². The minimum atomic E-state index is -0.302. The van der Waals surface area contributed by atoms with Crippen LogP contribution in [0.4, 0.5) is 11.5 Å². The number of phenols is 1. The number of benzene rings is 2. The highest BCUT2D eigenvalue weighted by Crippen LogP contribution is 2.37. The SMILES string of the molecule is C=CC(=O)N1CCN(c2nc(OCCN(C)C)nc3c2CCN(c2cc(O)cc4ccccc24)C3)[C@@H](CO)C1. The molecule has 3 aromatic rings. The number of phenolic OH excluding ortho intramolecular Hbond substituents is 1. The number of hydrogen-bond acceptors (Lipinski definition) is 9. The number of ether oxygens (including phenoxy) is 1. The molecule has 0 spiro atoms. The number of aliphatic hydroxyl groups excluding tert-OH is 1. The molecule has 1 amide bonds. The van der Waals surface area contributed by atoms with Gasteiger partial charge in [-0.25, -0.2) is 0 Å². The molecular weight excluding hydrogens is 496 g/mol. The first-order chi connectivity index (χ1) is 18.9. The number of aliphatic hydroxyl groups is 1. The fraction of sp³-hybridized carbons (Fsp3) is 0.414. The van der Waals surface area contributed by atoms with E-state index < -0.39 is 0 Å². The Labute approximate surface area is 228 Å². The molecule has 10 nitrogen and oxygen atoms in total. The lowest BCUT2D eigenvalue weighted by Gasteiger charge is -2.42. The van der Waals surface area contributed by atoms with Crippen molar-refractivity contribution in [3.63, 3.8) is 0 Å². The molecule has 2 aliphatic rings. The van der Waals surface area contributed by atoms with Gasteiger partial charge in [0.2, 0.25) is 5.91 Å². The molecule has 0 bridgehead atoms. The summed E-state index contributed by atoms with van der Waals surface area (Å²) in [6.07, 6.45) is 2.00. The van der Waals surface area contributed by atoms with Crippen LogP contribution in [0, 0.1) is 0 Å². The summed E-state index contributed by atoms with van der Waals surface area (Å²) >= 11 is 0. The molecule has 0 aliphatic carbocycles. The van der Waals surface area contributed by atoms with Crippen LogP contribution in [0.2, 0.25) is 0 Å². The van der Waals surface area contributed by atoms with Crippen molar-refractivity contribution in [3.8, 4) is 11.8 Å². The average molecular weight is 533 g/mol. The molecule has 1 fully saturated rings. The number of amides is 1. The van der Waals surface area contributed by atoms with Crippen LogP contribution in [-0.2, 0) is 17.8 Å². The van der Waals surface area contributed by atoms with Gasteiger partial charge in [0.15, 0.2) is 0 Å². The number of aromatic hydroxyl groups is 1. The number of hydrogen-bond donors (Lipinski definition) is 2. The lowest BCUT2D eigenvalue weighted by molar-refractivity contribution is -0.126. The number of fused-ring (bicyclic) bond motifs is 2. The van der Waals surface area contributed by atoms with Crippen LogP contribution < -0.4 is 14.5 Å². The zero-order chi connectivity index (χ0) is 27.5. The second kappa shape index (κ2) is 11.5. The number of nitrogens with zero attached hydrogens (tertiary/aromatic N) is 6. The molecule has 0 radical (unpaired) electrons. The van der Waals surface area contributed by atoms with Crippen LogP contribution in [0.3, 0.4) is 0 Å². The maximum atomic E-state index is 12.3. The Kier molecular flexibility index (Phi) is 7.85. The number of anilines is 2. The van der Waals surface area contributed by atoms with Gasteiger partial charge in [-0.15, -0.1) is 0 Å². The second-order valence-electron chi connectivity index (χ2n) is 10.3. The summed E-state index contributed by atoms with van der Waals surface area (Å²) < 4.78 is 6.00. The van der Waals surface area contributed by atoms with E-state index in [9.17, 15) is 15.0 Å². The Hall–Kier alpha value is -3.89. The minimum Gasteiger partial charge on any atom is -0.508 e. The third-order valence-corrected chi connectivity index (χ3v) is 7.41. The molecule has 5 rings (SSSR count). The highest BCUT2D eigenvalue weighted by molar-refractivity contribution is 5.95. The summed E-state index contributed by atoms with van der Waals surface area (Å²) in [7, 11) is 3.96. The molecule has 10 heteroatoms. The number of piperazine rings is 1. The standard InChI is InChI=1S/C29H36N6O4/c1-4-27(38)34-11-12-35(21(17-34)19-36)28-24-9-10-33(18-25(24)30-29(31-28)39-14-13-32(2)3)26-16-22(37)15-20-7-5-6-8-23(20)26/h4-8,15-16,21,36-37H,1,9-14,17-19H2,2-3H3/t21-/m1/s1. The number of carbonyl (C=O) groups excluding carboxylic acids is 1. The van der Waals surface area contributed by atoms with Crippen LogP contribution in [0.1, 0.15) is 11.3 Å². The summed E-state index contributed by atoms with van der Waals surface area (Å²) in [5, 5.41) is 22.7. The zero-order valence-corrected chi connectivity index (χ0v) is 22.6. The van der Waals surface area contributed by atoms with Crippen LogP contribution >= 0.6 is 0 Å². The van der Waals surface area contributed by atoms with Crippen molar-refractivity contribution in [2.45, 2.75) is 19.0 Å². The molecule has 2 N–H and O–H groups in total. The largest absolute Gasteiger partial charge is 0.508 e. The molecule has 3 heterocycles. The fourth-order valence-electron chi connectivity index (χ4n) is 5.37. The number of rotatable bonds is 8. The van der Waals surface area contributed by atoms with Crippen molar-refractivity contribution < 1.29 is 19.7 Å². The highest BCUT2D eigenvalue weighted by atomic mass is 16.5. The molecule has 0 unspecified atom stereocenters. The Morgan fingerprint density at radius 2 is 2.03 bits per heavy atom. The van der Waals surface area contributed by atoms with Gasteiger partial charge in [0.05, 0.1) is 24.9 Å². The minimum absolute atomic E-state index is 0.113. The summed E-state index contributed by atoms with van der Waals surface area (Å²) in [6.45, 7) is 7.33. The quantitative estimate of drug-likeness (QED) is 0.422. The predicted molar refractivity (Wildman–Crippen MR) is 151 cm³/mol. The van der Waals surface area contributed by atoms with Crippen molar-refractivity contribution in [2.24, 2.45) is 0 Å². The zero-order valence-electron chi connectivity index (χ0n) is 22.6. The fourth-order valence-corrected chi connectivity index (χ4v) is 5.37. The molecule has 0 saturated carbocycles. The van der Waals surface area contributed by atoms with Crippen molar-refractivity contribution in [2.75, 3.05) is 69.8 Å². The summed E-state index contributed by atoms with van der Waals surface area (Å²) in [4.78, 5) is 30.0. The Morgan fingerprint density at radius 1 is 1.21 bits per heavy atom. The summed E-state index contributed by atoms with van der Waals surface area (Å²) in [5.74, 6) is 0.841. The second-order valence-corrected chi connectivity index (χ2v) is 10.3. The molecule has 39 heavy (non-hydrogen) atoms. The van der Waals surface area contributed by atoms with E-state index in [1.807, 2.05) is 43.3 Å². The highest BCUT2D eigenvalue weighted by Gasteiger charge is 2.33. The third-order valence-electron chi connectivity index (χ3n) is 7.41. The van der Waals surface area contributed by atoms with Crippen LogP contribution in [0.15, 0.2) is 49.1 Å². The van der Waals surface area contributed by atoms with E-state index >= 15 is 0 Å². The smallest absolute Gasteiger partial charge is 0.318 e. The number of likely N-dealkylation sites (N-methyl/N-ethyl adjacent to an activating group) is 1. The lowest BCUT2D eigenvalue weighted by Crippen LogP contribution is -2.56. The molecule has 206 valence electrons. The van der Waals surface area contributed by atoms with Gasteiger partial charge in [-0.1, -0.05) is 30.8 Å².